The van der Waals surface area contributed by atoms with Gasteiger partial charge in [-0.1, -0.05) is 12.1 Å². The minimum Gasteiger partial charge on any atom is -0.496 e. The Kier molecular flexibility index (Phi) is 9.28. The number of ether oxygens (including phenoxy) is 3. The molecule has 1 heterocycles. The van der Waals surface area contributed by atoms with Crippen LogP contribution in [0.1, 0.15) is 30.9 Å². The summed E-state index contributed by atoms with van der Waals surface area (Å²) in [7, 11) is 1.70. The van der Waals surface area contributed by atoms with Gasteiger partial charge in [0, 0.05) is 37.8 Å². The first kappa shape index (κ1) is 20.5. The SMILES string of the molecule is CCNC(=NCc1ccc(C)cc1OC)NCCCOCC1CCOC1. The number of rotatable bonds is 10. The van der Waals surface area contributed by atoms with Crippen LogP contribution >= 0.6 is 0 Å². The van der Waals surface area contributed by atoms with Crippen molar-refractivity contribution in [2.45, 2.75) is 33.2 Å². The third-order valence-corrected chi connectivity index (χ3v) is 4.33. The molecule has 0 radical (unpaired) electrons. The van der Waals surface area contributed by atoms with Gasteiger partial charge < -0.3 is 24.8 Å². The summed E-state index contributed by atoms with van der Waals surface area (Å²) in [6.45, 7) is 9.65. The summed E-state index contributed by atoms with van der Waals surface area (Å²) in [5.74, 6) is 2.28. The van der Waals surface area contributed by atoms with Gasteiger partial charge in [0.25, 0.3) is 0 Å². The molecular weight excluding hydrogens is 330 g/mol. The molecule has 0 bridgehead atoms. The van der Waals surface area contributed by atoms with Crippen LogP contribution in [0, 0.1) is 12.8 Å². The highest BCUT2D eigenvalue weighted by Gasteiger charge is 2.15. The Balaban J connectivity index is 1.72. The first-order valence-electron chi connectivity index (χ1n) is 9.54. The van der Waals surface area contributed by atoms with Crippen molar-refractivity contribution in [3.8, 4) is 5.75 Å². The van der Waals surface area contributed by atoms with Gasteiger partial charge >= 0.3 is 0 Å². The van der Waals surface area contributed by atoms with Crippen LogP contribution in [0.5, 0.6) is 5.75 Å². The molecule has 26 heavy (non-hydrogen) atoms. The zero-order chi connectivity index (χ0) is 18.6. The fraction of sp³-hybridized carbons (Fsp3) is 0.650. The van der Waals surface area contributed by atoms with E-state index in [-0.39, 0.29) is 0 Å². The van der Waals surface area contributed by atoms with Crippen molar-refractivity contribution >= 4 is 5.96 Å². The molecular formula is C20H33N3O3. The maximum atomic E-state index is 5.73. The minimum atomic E-state index is 0.575. The lowest BCUT2D eigenvalue weighted by Gasteiger charge is -2.13. The average molecular weight is 364 g/mol. The molecule has 1 aliphatic heterocycles. The monoisotopic (exact) mass is 363 g/mol. The molecule has 1 fully saturated rings. The third-order valence-electron chi connectivity index (χ3n) is 4.33. The molecule has 146 valence electrons. The van der Waals surface area contributed by atoms with E-state index in [9.17, 15) is 0 Å². The number of methoxy groups -OCH3 is 1. The molecule has 2 rings (SSSR count). The molecule has 0 spiro atoms. The Labute approximate surface area is 157 Å². The van der Waals surface area contributed by atoms with Crippen LogP contribution in [0.3, 0.4) is 0 Å². The highest BCUT2D eigenvalue weighted by Crippen LogP contribution is 2.20. The molecule has 6 heteroatoms. The summed E-state index contributed by atoms with van der Waals surface area (Å²) >= 11 is 0. The van der Waals surface area contributed by atoms with Crippen LogP contribution in [0.2, 0.25) is 0 Å². The first-order chi connectivity index (χ1) is 12.7. The zero-order valence-corrected chi connectivity index (χ0v) is 16.3. The van der Waals surface area contributed by atoms with Crippen molar-refractivity contribution in [1.29, 1.82) is 0 Å². The lowest BCUT2D eigenvalue weighted by atomic mass is 10.1. The maximum Gasteiger partial charge on any atom is 0.191 e. The van der Waals surface area contributed by atoms with Crippen LogP contribution in [0.25, 0.3) is 0 Å². The summed E-state index contributed by atoms with van der Waals surface area (Å²) in [5, 5.41) is 6.64. The summed E-state index contributed by atoms with van der Waals surface area (Å²) in [5.41, 5.74) is 2.26. The van der Waals surface area contributed by atoms with Gasteiger partial charge in [0.1, 0.15) is 5.75 Å². The number of nitrogens with one attached hydrogen (secondary N) is 2. The van der Waals surface area contributed by atoms with Crippen LogP contribution in [-0.4, -0.2) is 52.6 Å². The van der Waals surface area contributed by atoms with E-state index in [1.165, 1.54) is 5.56 Å². The van der Waals surface area contributed by atoms with Crippen molar-refractivity contribution in [2.75, 3.05) is 46.6 Å². The molecule has 1 atom stereocenters. The van der Waals surface area contributed by atoms with Crippen molar-refractivity contribution < 1.29 is 14.2 Å². The highest BCUT2D eigenvalue weighted by molar-refractivity contribution is 5.79. The molecule has 1 saturated heterocycles. The molecule has 1 aliphatic rings. The molecule has 0 aromatic heterocycles. The predicted molar refractivity (Wildman–Crippen MR) is 105 cm³/mol. The molecule has 1 aromatic rings. The zero-order valence-electron chi connectivity index (χ0n) is 16.3. The molecule has 6 nitrogen and oxygen atoms in total. The van der Waals surface area contributed by atoms with E-state index in [4.69, 9.17) is 14.2 Å². The number of hydrogen-bond donors (Lipinski definition) is 2. The van der Waals surface area contributed by atoms with E-state index >= 15 is 0 Å². The number of benzene rings is 1. The second-order valence-electron chi connectivity index (χ2n) is 6.60. The lowest BCUT2D eigenvalue weighted by molar-refractivity contribution is 0.0888. The van der Waals surface area contributed by atoms with Gasteiger partial charge in [-0.25, -0.2) is 4.99 Å². The number of aryl methyl sites for hydroxylation is 1. The van der Waals surface area contributed by atoms with E-state index in [0.29, 0.717) is 12.5 Å². The normalized spacial score (nSPS) is 17.3. The van der Waals surface area contributed by atoms with E-state index in [0.717, 1.165) is 69.6 Å². The van der Waals surface area contributed by atoms with E-state index in [1.54, 1.807) is 7.11 Å². The number of aliphatic imine (C=N–C) groups is 1. The highest BCUT2D eigenvalue weighted by atomic mass is 16.5. The van der Waals surface area contributed by atoms with Crippen LogP contribution < -0.4 is 15.4 Å². The van der Waals surface area contributed by atoms with Gasteiger partial charge in [-0.3, -0.25) is 0 Å². The Bertz CT molecular complexity index is 557. The second kappa shape index (κ2) is 11.8. The first-order valence-corrected chi connectivity index (χ1v) is 9.54. The maximum absolute atomic E-state index is 5.73. The van der Waals surface area contributed by atoms with Crippen molar-refractivity contribution in [1.82, 2.24) is 10.6 Å². The third kappa shape index (κ3) is 7.22. The molecule has 0 saturated carbocycles. The molecule has 1 unspecified atom stereocenters. The number of nitrogens with zero attached hydrogens (tertiary/aromatic N) is 1. The predicted octanol–water partition coefficient (Wildman–Crippen LogP) is 2.50. The van der Waals surface area contributed by atoms with Gasteiger partial charge in [0.15, 0.2) is 5.96 Å². The largest absolute Gasteiger partial charge is 0.496 e. The summed E-state index contributed by atoms with van der Waals surface area (Å²) < 4.78 is 16.5. The van der Waals surface area contributed by atoms with E-state index < -0.39 is 0 Å². The van der Waals surface area contributed by atoms with Gasteiger partial charge in [-0.05, 0) is 38.3 Å². The second-order valence-corrected chi connectivity index (χ2v) is 6.60. The Morgan fingerprint density at radius 3 is 2.96 bits per heavy atom. The van der Waals surface area contributed by atoms with Crippen LogP contribution in [0.15, 0.2) is 23.2 Å². The van der Waals surface area contributed by atoms with Gasteiger partial charge in [-0.2, -0.15) is 0 Å². The fourth-order valence-corrected chi connectivity index (χ4v) is 2.83. The number of guanidine groups is 1. The Morgan fingerprint density at radius 2 is 2.23 bits per heavy atom. The smallest absolute Gasteiger partial charge is 0.191 e. The van der Waals surface area contributed by atoms with Crippen molar-refractivity contribution in [2.24, 2.45) is 10.9 Å². The van der Waals surface area contributed by atoms with Crippen molar-refractivity contribution in [3.05, 3.63) is 29.3 Å². The topological polar surface area (TPSA) is 64.1 Å². The average Bonchev–Trinajstić information content (AvgIpc) is 3.16. The van der Waals surface area contributed by atoms with E-state index in [2.05, 4.69) is 41.6 Å². The van der Waals surface area contributed by atoms with Crippen LogP contribution in [-0.2, 0) is 16.0 Å². The van der Waals surface area contributed by atoms with Gasteiger partial charge in [0.05, 0.1) is 26.9 Å². The summed E-state index contributed by atoms with van der Waals surface area (Å²) in [6.07, 6.45) is 2.07. The molecule has 1 aromatic carbocycles. The Hall–Kier alpha value is -1.79. The molecule has 0 amide bonds. The molecule has 2 N–H and O–H groups in total. The van der Waals surface area contributed by atoms with Crippen LogP contribution in [0.4, 0.5) is 0 Å². The fourth-order valence-electron chi connectivity index (χ4n) is 2.83. The molecule has 0 aliphatic carbocycles. The number of hydrogen-bond acceptors (Lipinski definition) is 4. The standard InChI is InChI=1S/C20H33N3O3/c1-4-21-20(22-9-5-10-25-14-17-8-11-26-15-17)23-13-18-7-6-16(2)12-19(18)24-3/h6-7,12,17H,4-5,8-11,13-15H2,1-3H3,(H2,21,22,23). The minimum absolute atomic E-state index is 0.575. The van der Waals surface area contributed by atoms with Gasteiger partial charge in [-0.15, -0.1) is 0 Å². The quantitative estimate of drug-likeness (QED) is 0.380. The summed E-state index contributed by atoms with van der Waals surface area (Å²) in [4.78, 5) is 4.66. The van der Waals surface area contributed by atoms with Crippen molar-refractivity contribution in [3.63, 3.8) is 0 Å². The lowest BCUT2D eigenvalue weighted by Crippen LogP contribution is -2.38. The summed E-state index contributed by atoms with van der Waals surface area (Å²) in [6, 6.07) is 6.19. The van der Waals surface area contributed by atoms with Gasteiger partial charge in [0.2, 0.25) is 0 Å². The Morgan fingerprint density at radius 1 is 1.35 bits per heavy atom. The van der Waals surface area contributed by atoms with E-state index in [1.807, 2.05) is 6.07 Å².